The molecule has 0 unspecified atom stereocenters. The third kappa shape index (κ3) is 3.46. The Hall–Kier alpha value is -2.68. The average Bonchev–Trinajstić information content (AvgIpc) is 3.30. The van der Waals surface area contributed by atoms with E-state index in [9.17, 15) is 4.79 Å². The molecule has 2 aromatic rings. The Kier molecular flexibility index (Phi) is 4.90. The average molecular weight is 334 g/mol. The largest absolute Gasteiger partial charge is 0.481 e. The zero-order valence-corrected chi connectivity index (χ0v) is 13.4. The fourth-order valence-corrected chi connectivity index (χ4v) is 2.36. The molecule has 1 saturated heterocycles. The van der Waals surface area contributed by atoms with Crippen LogP contribution in [0.15, 0.2) is 16.7 Å². The summed E-state index contributed by atoms with van der Waals surface area (Å²) in [5.41, 5.74) is 0.293. The molecule has 0 aromatic carbocycles. The highest BCUT2D eigenvalue weighted by Gasteiger charge is 2.24. The van der Waals surface area contributed by atoms with Crippen LogP contribution in [0.3, 0.4) is 0 Å². The molecule has 1 amide bonds. The zero-order chi connectivity index (χ0) is 16.9. The molecule has 0 radical (unpaired) electrons. The minimum Gasteiger partial charge on any atom is -0.481 e. The number of aromatic nitrogens is 3. The summed E-state index contributed by atoms with van der Waals surface area (Å²) in [5, 5.41) is 6.55. The maximum absolute atomic E-state index is 12.3. The van der Waals surface area contributed by atoms with Crippen LogP contribution in [0.1, 0.15) is 41.0 Å². The number of methoxy groups -OCH3 is 2. The molecule has 9 nitrogen and oxygen atoms in total. The number of nitrogens with one attached hydrogen (secondary N) is 1. The van der Waals surface area contributed by atoms with Gasteiger partial charge in [0.2, 0.25) is 11.8 Å². The second-order valence-corrected chi connectivity index (χ2v) is 5.14. The van der Waals surface area contributed by atoms with Crippen molar-refractivity contribution < 1.29 is 23.5 Å². The lowest BCUT2D eigenvalue weighted by molar-refractivity contribution is 0.0835. The van der Waals surface area contributed by atoms with E-state index >= 15 is 0 Å². The monoisotopic (exact) mass is 334 g/mol. The van der Waals surface area contributed by atoms with Crippen molar-refractivity contribution in [3.05, 3.63) is 29.4 Å². The lowest BCUT2D eigenvalue weighted by atomic mass is 10.2. The second kappa shape index (κ2) is 7.26. The Bertz CT molecular complexity index is 712. The van der Waals surface area contributed by atoms with Crippen LogP contribution in [0.25, 0.3) is 0 Å². The van der Waals surface area contributed by atoms with Gasteiger partial charge in [0.1, 0.15) is 11.7 Å². The molecule has 9 heteroatoms. The molecule has 1 N–H and O–H groups in total. The quantitative estimate of drug-likeness (QED) is 0.841. The number of hydrogen-bond donors (Lipinski definition) is 1. The van der Waals surface area contributed by atoms with Gasteiger partial charge in [-0.2, -0.15) is 9.97 Å². The van der Waals surface area contributed by atoms with E-state index < -0.39 is 0 Å². The van der Waals surface area contributed by atoms with Gasteiger partial charge in [-0.3, -0.25) is 4.79 Å². The van der Waals surface area contributed by atoms with Crippen molar-refractivity contribution in [3.8, 4) is 11.8 Å². The molecule has 128 valence electrons. The van der Waals surface area contributed by atoms with Crippen molar-refractivity contribution in [1.29, 1.82) is 0 Å². The topological polar surface area (TPSA) is 109 Å². The molecule has 3 heterocycles. The van der Waals surface area contributed by atoms with Gasteiger partial charge in [-0.05, 0) is 18.9 Å². The number of hydrogen-bond acceptors (Lipinski definition) is 8. The van der Waals surface area contributed by atoms with Crippen LogP contribution >= 0.6 is 0 Å². The van der Waals surface area contributed by atoms with E-state index in [1.807, 2.05) is 0 Å². The Morgan fingerprint density at radius 3 is 2.92 bits per heavy atom. The molecule has 3 rings (SSSR count). The molecule has 1 aliphatic heterocycles. The molecule has 1 aliphatic rings. The summed E-state index contributed by atoms with van der Waals surface area (Å²) in [6.45, 7) is 0.827. The number of rotatable bonds is 6. The maximum atomic E-state index is 12.3. The van der Waals surface area contributed by atoms with Gasteiger partial charge in [-0.1, -0.05) is 5.16 Å². The number of pyridine rings is 1. The highest BCUT2D eigenvalue weighted by Crippen LogP contribution is 2.26. The predicted octanol–water partition coefficient (Wildman–Crippen LogP) is 1.26. The fraction of sp³-hybridized carbons (Fsp3) is 0.467. The van der Waals surface area contributed by atoms with Crippen LogP contribution in [-0.2, 0) is 11.3 Å². The van der Waals surface area contributed by atoms with Crippen LogP contribution < -0.4 is 14.8 Å². The number of carbonyl (C=O) groups excluding carboxylic acids is 1. The van der Waals surface area contributed by atoms with Crippen molar-refractivity contribution in [2.75, 3.05) is 20.8 Å². The van der Waals surface area contributed by atoms with Crippen LogP contribution in [0.4, 0.5) is 0 Å². The van der Waals surface area contributed by atoms with Gasteiger partial charge in [0.25, 0.3) is 11.8 Å². The van der Waals surface area contributed by atoms with Gasteiger partial charge in [-0.15, -0.1) is 0 Å². The normalized spacial score (nSPS) is 16.8. The highest BCUT2D eigenvalue weighted by molar-refractivity contribution is 5.96. The van der Waals surface area contributed by atoms with E-state index in [0.717, 1.165) is 12.8 Å². The summed E-state index contributed by atoms with van der Waals surface area (Å²) in [4.78, 5) is 20.6. The number of amides is 1. The van der Waals surface area contributed by atoms with Crippen molar-refractivity contribution in [1.82, 2.24) is 20.4 Å². The van der Waals surface area contributed by atoms with Crippen LogP contribution in [0.5, 0.6) is 11.8 Å². The first kappa shape index (κ1) is 16.2. The van der Waals surface area contributed by atoms with E-state index in [2.05, 4.69) is 20.4 Å². The van der Waals surface area contributed by atoms with Gasteiger partial charge in [0.15, 0.2) is 5.82 Å². The number of nitrogens with zero attached hydrogens (tertiary/aromatic N) is 3. The molecular formula is C15H18N4O5. The van der Waals surface area contributed by atoms with Crippen LogP contribution in [-0.4, -0.2) is 41.9 Å². The molecule has 0 spiro atoms. The van der Waals surface area contributed by atoms with Gasteiger partial charge in [-0.25, -0.2) is 0 Å². The summed E-state index contributed by atoms with van der Waals surface area (Å²) < 4.78 is 20.8. The van der Waals surface area contributed by atoms with E-state index in [1.165, 1.54) is 14.2 Å². The first-order valence-corrected chi connectivity index (χ1v) is 7.52. The summed E-state index contributed by atoms with van der Waals surface area (Å²) in [7, 11) is 2.93. The first-order valence-electron chi connectivity index (χ1n) is 7.52. The van der Waals surface area contributed by atoms with E-state index in [4.69, 9.17) is 18.7 Å². The predicted molar refractivity (Wildman–Crippen MR) is 80.7 cm³/mol. The minimum absolute atomic E-state index is 0.129. The zero-order valence-electron chi connectivity index (χ0n) is 13.4. The number of ether oxygens (including phenoxy) is 3. The molecule has 24 heavy (non-hydrogen) atoms. The highest BCUT2D eigenvalue weighted by atomic mass is 16.5. The Labute approximate surface area is 138 Å². The van der Waals surface area contributed by atoms with Crippen molar-refractivity contribution in [2.45, 2.75) is 25.5 Å². The molecule has 0 bridgehead atoms. The fourth-order valence-electron chi connectivity index (χ4n) is 2.36. The van der Waals surface area contributed by atoms with Crippen molar-refractivity contribution >= 4 is 5.91 Å². The maximum Gasteiger partial charge on any atom is 0.257 e. The number of carbonyl (C=O) groups is 1. The van der Waals surface area contributed by atoms with Gasteiger partial charge >= 0.3 is 0 Å². The first-order chi connectivity index (χ1) is 11.7. The second-order valence-electron chi connectivity index (χ2n) is 5.14. The third-order valence-corrected chi connectivity index (χ3v) is 3.58. The minimum atomic E-state index is -0.356. The van der Waals surface area contributed by atoms with Gasteiger partial charge in [0.05, 0.1) is 20.8 Å². The smallest absolute Gasteiger partial charge is 0.257 e. The molecular weight excluding hydrogens is 316 g/mol. The summed E-state index contributed by atoms with van der Waals surface area (Å²) >= 11 is 0. The lowest BCUT2D eigenvalue weighted by Crippen LogP contribution is -2.24. The van der Waals surface area contributed by atoms with E-state index in [-0.39, 0.29) is 24.4 Å². The molecule has 1 atom stereocenters. The Morgan fingerprint density at radius 1 is 1.33 bits per heavy atom. The van der Waals surface area contributed by atoms with Crippen molar-refractivity contribution in [2.24, 2.45) is 0 Å². The third-order valence-electron chi connectivity index (χ3n) is 3.58. The van der Waals surface area contributed by atoms with Crippen molar-refractivity contribution in [3.63, 3.8) is 0 Å². The van der Waals surface area contributed by atoms with Crippen LogP contribution in [0.2, 0.25) is 0 Å². The summed E-state index contributed by atoms with van der Waals surface area (Å²) in [5.74, 6) is 1.02. The lowest BCUT2D eigenvalue weighted by Gasteiger charge is -2.08. The molecule has 0 saturated carbocycles. The van der Waals surface area contributed by atoms with E-state index in [1.54, 1.807) is 12.1 Å². The van der Waals surface area contributed by atoms with Crippen LogP contribution in [0, 0.1) is 0 Å². The molecule has 2 aromatic heterocycles. The Balaban J connectivity index is 1.63. The standard InChI is InChI=1S/C15H18N4O5/c1-21-12-6-5-9(14(18-12)22-2)13(20)16-8-11-17-15(24-19-11)10-4-3-7-23-10/h5-6,10H,3-4,7-8H2,1-2H3,(H,16,20)/t10-/m0/s1. The summed E-state index contributed by atoms with van der Waals surface area (Å²) in [6.07, 6.45) is 1.69. The Morgan fingerprint density at radius 2 is 2.21 bits per heavy atom. The SMILES string of the molecule is COc1ccc(C(=O)NCc2noc([C@@H]3CCCO3)n2)c(OC)n1. The molecule has 0 aliphatic carbocycles. The van der Waals surface area contributed by atoms with E-state index in [0.29, 0.717) is 29.8 Å². The molecule has 1 fully saturated rings. The van der Waals surface area contributed by atoms with Gasteiger partial charge < -0.3 is 24.1 Å². The summed E-state index contributed by atoms with van der Waals surface area (Å²) in [6, 6.07) is 3.16. The van der Waals surface area contributed by atoms with Gasteiger partial charge in [0, 0.05) is 12.7 Å².